The SMILES string of the molecule is CN1C=CC=C(I)C1C(=O)O.CN1C=CC=C(I)C1C(=O)O.CN1C=CC=C(I)C1C(=O)O.CN1C=CC=C(I)C1C(=O)O.CN1C=CC=C(I)C1C(=O)O.CN1C=CC=C(I)C1C(=O)O. The van der Waals surface area contributed by atoms with Crippen molar-refractivity contribution in [1.29, 1.82) is 0 Å². The summed E-state index contributed by atoms with van der Waals surface area (Å²) in [6, 6.07) is -3.00. The molecule has 18 nitrogen and oxygen atoms in total. The number of hydrogen-bond acceptors (Lipinski definition) is 12. The average Bonchev–Trinajstić information content (AvgIpc) is 3.18. The van der Waals surface area contributed by atoms with Gasteiger partial charge in [-0.05, 0) is 246 Å². The van der Waals surface area contributed by atoms with Crippen LogP contribution in [0.2, 0.25) is 0 Å². The molecule has 0 amide bonds. The summed E-state index contributed by atoms with van der Waals surface area (Å²) in [5.74, 6) is -4.85. The van der Waals surface area contributed by atoms with Crippen LogP contribution in [-0.2, 0) is 28.8 Å². The van der Waals surface area contributed by atoms with Crippen LogP contribution in [0.25, 0.3) is 0 Å². The Kier molecular flexibility index (Phi) is 28.0. The minimum atomic E-state index is -0.808. The third-order valence-electron chi connectivity index (χ3n) is 8.87. The normalized spacial score (nSPS) is 23.3. The highest BCUT2D eigenvalue weighted by Crippen LogP contribution is 2.25. The summed E-state index contributed by atoms with van der Waals surface area (Å²) in [5, 5.41) is 52.5. The Morgan fingerprint density at radius 3 is 0.470 bits per heavy atom. The van der Waals surface area contributed by atoms with Crippen LogP contribution in [0.1, 0.15) is 0 Å². The number of likely N-dealkylation sites (N-methyl/N-ethyl adjacent to an activating group) is 6. The molecule has 6 unspecified atom stereocenters. The predicted molar refractivity (Wildman–Crippen MR) is 303 cm³/mol. The van der Waals surface area contributed by atoms with E-state index in [1.807, 2.05) is 172 Å². The first-order chi connectivity index (χ1) is 30.8. The second-order valence-corrected chi connectivity index (χ2v) is 21.3. The lowest BCUT2D eigenvalue weighted by Crippen LogP contribution is -2.36. The summed E-state index contributed by atoms with van der Waals surface area (Å²) in [7, 11) is 10.5. The van der Waals surface area contributed by atoms with Crippen molar-refractivity contribution in [1.82, 2.24) is 29.4 Å². The van der Waals surface area contributed by atoms with Gasteiger partial charge in [0, 0.05) is 63.8 Å². The van der Waals surface area contributed by atoms with Crippen molar-refractivity contribution >= 4 is 171 Å². The number of nitrogens with zero attached hydrogens (tertiary/aromatic N) is 6. The van der Waals surface area contributed by atoms with Gasteiger partial charge in [0.2, 0.25) is 0 Å². The fraction of sp³-hybridized carbons (Fsp3) is 0.286. The van der Waals surface area contributed by atoms with Gasteiger partial charge in [-0.25, -0.2) is 28.8 Å². The van der Waals surface area contributed by atoms with Crippen LogP contribution in [0, 0.1) is 0 Å². The fourth-order valence-electron chi connectivity index (χ4n) is 5.61. The fourth-order valence-corrected chi connectivity index (χ4v) is 11.1. The van der Waals surface area contributed by atoms with Crippen molar-refractivity contribution in [2.75, 3.05) is 42.3 Å². The van der Waals surface area contributed by atoms with Crippen molar-refractivity contribution in [3.8, 4) is 0 Å². The molecule has 360 valence electrons. The van der Waals surface area contributed by atoms with Gasteiger partial charge in [0.15, 0.2) is 36.3 Å². The molecule has 0 saturated heterocycles. The van der Waals surface area contributed by atoms with E-state index < -0.39 is 72.1 Å². The van der Waals surface area contributed by atoms with E-state index in [1.165, 1.54) is 0 Å². The molecule has 0 spiro atoms. The van der Waals surface area contributed by atoms with E-state index >= 15 is 0 Å². The van der Waals surface area contributed by atoms with Crippen LogP contribution in [0.3, 0.4) is 0 Å². The van der Waals surface area contributed by atoms with Crippen LogP contribution >= 0.6 is 136 Å². The number of carbonyl (C=O) groups is 6. The van der Waals surface area contributed by atoms with E-state index in [0.717, 1.165) is 21.5 Å². The average molecular weight is 1590 g/mol. The first-order valence-electron chi connectivity index (χ1n) is 18.7. The van der Waals surface area contributed by atoms with E-state index in [1.54, 1.807) is 145 Å². The largest absolute Gasteiger partial charge is 0.479 e. The number of aliphatic carboxylic acids is 6. The first kappa shape index (κ1) is 60.9. The van der Waals surface area contributed by atoms with Gasteiger partial charge < -0.3 is 60.0 Å². The van der Waals surface area contributed by atoms with Crippen molar-refractivity contribution in [2.24, 2.45) is 0 Å². The molecule has 0 aromatic rings. The van der Waals surface area contributed by atoms with Gasteiger partial charge in [0.05, 0.1) is 0 Å². The molecule has 6 aliphatic rings. The van der Waals surface area contributed by atoms with Gasteiger partial charge in [-0.3, -0.25) is 0 Å². The summed E-state index contributed by atoms with van der Waals surface area (Å²) in [6.07, 6.45) is 32.3. The number of allylic oxidation sites excluding steroid dienone is 12. The Morgan fingerprint density at radius 2 is 0.409 bits per heavy atom. The molecule has 0 aromatic heterocycles. The summed E-state index contributed by atoms with van der Waals surface area (Å²) >= 11 is 12.2. The van der Waals surface area contributed by atoms with Crippen LogP contribution < -0.4 is 0 Å². The number of halogens is 6. The standard InChI is InChI=1S/6C7H8INO2/c6*1-9-4-2-3-5(8)6(9)7(10)11/h6*2-4,6H,1H3,(H,10,11). The zero-order valence-electron chi connectivity index (χ0n) is 35.9. The lowest BCUT2D eigenvalue weighted by molar-refractivity contribution is -0.141. The monoisotopic (exact) mass is 1590 g/mol. The second-order valence-electron chi connectivity index (χ2n) is 13.8. The molecule has 0 fully saturated rings. The Hall–Kier alpha value is -3.12. The first-order valence-corrected chi connectivity index (χ1v) is 25.2. The molecular formula is C42H48I6N6O12. The molecule has 66 heavy (non-hydrogen) atoms. The molecule has 24 heteroatoms. The second kappa shape index (κ2) is 30.4. The Labute approximate surface area is 464 Å². The Balaban J connectivity index is 0.000000396. The molecule has 0 bridgehead atoms. The van der Waals surface area contributed by atoms with Gasteiger partial charge in [-0.2, -0.15) is 0 Å². The number of carboxylic acid groups (broad SMARTS) is 6. The quantitative estimate of drug-likeness (QED) is 0.143. The van der Waals surface area contributed by atoms with Crippen molar-refractivity contribution in [2.45, 2.75) is 36.3 Å². The summed E-state index contributed by atoms with van der Waals surface area (Å²) in [5.41, 5.74) is 0. The smallest absolute Gasteiger partial charge is 0.331 e. The number of rotatable bonds is 6. The molecule has 0 radical (unpaired) electrons. The lowest BCUT2D eigenvalue weighted by atomic mass is 10.2. The van der Waals surface area contributed by atoms with Crippen LogP contribution in [0.5, 0.6) is 0 Å². The minimum Gasteiger partial charge on any atom is -0.479 e. The third-order valence-corrected chi connectivity index (χ3v) is 14.6. The summed E-state index contributed by atoms with van der Waals surface area (Å²) < 4.78 is 5.00. The highest BCUT2D eigenvalue weighted by Gasteiger charge is 2.28. The zero-order valence-corrected chi connectivity index (χ0v) is 48.9. The number of hydrogen-bond donors (Lipinski definition) is 6. The molecule has 6 heterocycles. The molecule has 6 rings (SSSR count). The summed E-state index contributed by atoms with van der Waals surface area (Å²) in [6.45, 7) is 0. The highest BCUT2D eigenvalue weighted by molar-refractivity contribution is 14.1. The summed E-state index contributed by atoms with van der Waals surface area (Å²) in [4.78, 5) is 73.9. The Bertz CT molecular complexity index is 1800. The van der Waals surface area contributed by atoms with E-state index in [9.17, 15) is 28.8 Å². The maximum atomic E-state index is 10.7. The van der Waals surface area contributed by atoms with E-state index in [2.05, 4.69) is 0 Å². The highest BCUT2D eigenvalue weighted by atomic mass is 127. The van der Waals surface area contributed by atoms with Gasteiger partial charge >= 0.3 is 35.8 Å². The van der Waals surface area contributed by atoms with E-state index in [-0.39, 0.29) is 0 Å². The van der Waals surface area contributed by atoms with E-state index in [0.29, 0.717) is 0 Å². The molecule has 0 aromatic carbocycles. The zero-order chi connectivity index (χ0) is 50.6. The van der Waals surface area contributed by atoms with Crippen LogP contribution in [-0.4, -0.2) is 174 Å². The van der Waals surface area contributed by atoms with E-state index in [4.69, 9.17) is 30.6 Å². The van der Waals surface area contributed by atoms with Gasteiger partial charge in [0.25, 0.3) is 0 Å². The van der Waals surface area contributed by atoms with Crippen molar-refractivity contribution < 1.29 is 59.4 Å². The van der Waals surface area contributed by atoms with Crippen LogP contribution in [0.4, 0.5) is 0 Å². The molecule has 0 saturated carbocycles. The topological polar surface area (TPSA) is 243 Å². The molecule has 0 aliphatic carbocycles. The minimum absolute atomic E-state index is 0.499. The van der Waals surface area contributed by atoms with Crippen molar-refractivity contribution in [3.63, 3.8) is 0 Å². The Morgan fingerprint density at radius 1 is 0.303 bits per heavy atom. The molecule has 6 aliphatic heterocycles. The molecular weight excluding hydrogens is 1540 g/mol. The van der Waals surface area contributed by atoms with Gasteiger partial charge in [0.1, 0.15) is 0 Å². The third kappa shape index (κ3) is 19.8. The van der Waals surface area contributed by atoms with Gasteiger partial charge in [-0.1, -0.05) is 0 Å². The molecule has 6 N–H and O–H groups in total. The van der Waals surface area contributed by atoms with Gasteiger partial charge in [-0.15, -0.1) is 0 Å². The van der Waals surface area contributed by atoms with Crippen LogP contribution in [0.15, 0.2) is 132 Å². The molecule has 6 atom stereocenters. The lowest BCUT2D eigenvalue weighted by Gasteiger charge is -2.24. The van der Waals surface area contributed by atoms with Crippen molar-refractivity contribution in [3.05, 3.63) is 132 Å². The maximum absolute atomic E-state index is 10.7. The number of carboxylic acids is 6. The predicted octanol–water partition coefficient (Wildman–Crippen LogP) is 7.31. The maximum Gasteiger partial charge on any atom is 0.331 e.